The van der Waals surface area contributed by atoms with Crippen molar-refractivity contribution in [3.63, 3.8) is 0 Å². The van der Waals surface area contributed by atoms with Crippen LogP contribution in [0.4, 0.5) is 0 Å². The molecule has 0 aliphatic heterocycles. The lowest BCUT2D eigenvalue weighted by Gasteiger charge is -2.07. The molecule has 2 aromatic rings. The molecule has 0 saturated heterocycles. The van der Waals surface area contributed by atoms with E-state index in [1.54, 1.807) is 0 Å². The van der Waals surface area contributed by atoms with Crippen LogP contribution < -0.4 is 5.32 Å². The summed E-state index contributed by atoms with van der Waals surface area (Å²) < 4.78 is 1.84. The number of carbonyl (C=O) groups is 1. The van der Waals surface area contributed by atoms with Crippen LogP contribution in [0.3, 0.4) is 0 Å². The fourth-order valence-corrected chi connectivity index (χ4v) is 2.52. The highest BCUT2D eigenvalue weighted by molar-refractivity contribution is 14.1. The summed E-state index contributed by atoms with van der Waals surface area (Å²) in [5.41, 5.74) is 0.689. The summed E-state index contributed by atoms with van der Waals surface area (Å²) in [6.07, 6.45) is 3.08. The van der Waals surface area contributed by atoms with Gasteiger partial charge in [0.15, 0.2) is 0 Å². The Bertz CT molecular complexity index is 559. The maximum absolute atomic E-state index is 12.0. The van der Waals surface area contributed by atoms with Gasteiger partial charge in [0.05, 0.1) is 5.56 Å². The van der Waals surface area contributed by atoms with Crippen molar-refractivity contribution in [3.8, 4) is 0 Å². The lowest BCUT2D eigenvalue weighted by atomic mass is 10.2. The second-order valence-corrected chi connectivity index (χ2v) is 5.99. The van der Waals surface area contributed by atoms with E-state index >= 15 is 0 Å². The summed E-state index contributed by atoms with van der Waals surface area (Å²) in [6, 6.07) is 5.66. The number of nitrogens with zero attached hydrogens (tertiary/aromatic N) is 2. The van der Waals surface area contributed by atoms with Crippen LogP contribution in [0, 0.1) is 3.57 Å². The predicted octanol–water partition coefficient (Wildman–Crippen LogP) is 2.53. The number of halogens is 2. The SMILES string of the molecule is O=C(NCCCc1ncn[nH]1)c1cc(Br)ccc1I. The Balaban J connectivity index is 1.82. The number of nitrogens with one attached hydrogen (secondary N) is 2. The molecule has 19 heavy (non-hydrogen) atoms. The van der Waals surface area contributed by atoms with Crippen LogP contribution in [0.1, 0.15) is 22.6 Å². The van der Waals surface area contributed by atoms with Gasteiger partial charge in [0, 0.05) is 21.0 Å². The minimum Gasteiger partial charge on any atom is -0.352 e. The first-order chi connectivity index (χ1) is 9.16. The molecule has 0 fully saturated rings. The monoisotopic (exact) mass is 434 g/mol. The molecule has 0 aliphatic rings. The molecule has 2 N–H and O–H groups in total. The maximum Gasteiger partial charge on any atom is 0.252 e. The van der Waals surface area contributed by atoms with Gasteiger partial charge in [-0.25, -0.2) is 4.98 Å². The molecule has 1 aromatic carbocycles. The number of amides is 1. The second-order valence-electron chi connectivity index (χ2n) is 3.92. The van der Waals surface area contributed by atoms with Crippen LogP contribution in [0.25, 0.3) is 0 Å². The molecular formula is C12H12BrIN4O. The molecule has 0 radical (unpaired) electrons. The third-order valence-corrected chi connectivity index (χ3v) is 3.95. The van der Waals surface area contributed by atoms with Crippen molar-refractivity contribution in [2.45, 2.75) is 12.8 Å². The molecule has 0 unspecified atom stereocenters. The van der Waals surface area contributed by atoms with Crippen molar-refractivity contribution in [1.82, 2.24) is 20.5 Å². The predicted molar refractivity (Wildman–Crippen MR) is 83.9 cm³/mol. The maximum atomic E-state index is 12.0. The van der Waals surface area contributed by atoms with E-state index in [2.05, 4.69) is 59.0 Å². The fraction of sp³-hybridized carbons (Fsp3) is 0.250. The number of H-pyrrole nitrogens is 1. The Kier molecular flexibility index (Phi) is 5.32. The fourth-order valence-electron chi connectivity index (χ4n) is 1.58. The average molecular weight is 435 g/mol. The number of aryl methyl sites for hydroxylation is 1. The van der Waals surface area contributed by atoms with Crippen molar-refractivity contribution >= 4 is 44.4 Å². The van der Waals surface area contributed by atoms with E-state index < -0.39 is 0 Å². The Labute approximate surface area is 132 Å². The Morgan fingerprint density at radius 1 is 1.47 bits per heavy atom. The van der Waals surface area contributed by atoms with Crippen molar-refractivity contribution in [2.75, 3.05) is 6.54 Å². The van der Waals surface area contributed by atoms with Gasteiger partial charge in [0.1, 0.15) is 12.2 Å². The molecule has 5 nitrogen and oxygen atoms in total. The number of carbonyl (C=O) groups excluding carboxylic acids is 1. The third kappa shape index (κ3) is 4.27. The van der Waals surface area contributed by atoms with Crippen molar-refractivity contribution in [3.05, 3.63) is 44.0 Å². The van der Waals surface area contributed by atoms with Gasteiger partial charge in [-0.05, 0) is 47.2 Å². The highest BCUT2D eigenvalue weighted by Gasteiger charge is 2.09. The molecule has 1 aromatic heterocycles. The molecule has 100 valence electrons. The molecule has 0 aliphatic carbocycles. The molecule has 1 amide bonds. The molecule has 0 saturated carbocycles. The number of rotatable bonds is 5. The zero-order chi connectivity index (χ0) is 13.7. The van der Waals surface area contributed by atoms with Crippen molar-refractivity contribution in [2.24, 2.45) is 0 Å². The standard InChI is InChI=1S/C12H12BrIN4O/c13-8-3-4-10(14)9(6-8)12(19)15-5-1-2-11-16-7-17-18-11/h3-4,6-7H,1-2,5H2,(H,15,19)(H,16,17,18). The van der Waals surface area contributed by atoms with E-state index in [1.165, 1.54) is 6.33 Å². The number of hydrogen-bond donors (Lipinski definition) is 2. The van der Waals surface area contributed by atoms with Gasteiger partial charge < -0.3 is 5.32 Å². The van der Waals surface area contributed by atoms with Crippen LogP contribution in [-0.4, -0.2) is 27.6 Å². The van der Waals surface area contributed by atoms with Gasteiger partial charge in [-0.1, -0.05) is 15.9 Å². The van der Waals surface area contributed by atoms with Crippen LogP contribution in [0.15, 0.2) is 29.0 Å². The highest BCUT2D eigenvalue weighted by atomic mass is 127. The Morgan fingerprint density at radius 2 is 2.32 bits per heavy atom. The lowest BCUT2D eigenvalue weighted by Crippen LogP contribution is -2.25. The zero-order valence-corrected chi connectivity index (χ0v) is 13.7. The minimum atomic E-state index is -0.0525. The first-order valence-electron chi connectivity index (χ1n) is 5.74. The van der Waals surface area contributed by atoms with Gasteiger partial charge in [-0.2, -0.15) is 5.10 Å². The van der Waals surface area contributed by atoms with Crippen molar-refractivity contribution in [1.29, 1.82) is 0 Å². The summed E-state index contributed by atoms with van der Waals surface area (Å²) in [4.78, 5) is 16.0. The van der Waals surface area contributed by atoms with Gasteiger partial charge in [0.2, 0.25) is 0 Å². The first kappa shape index (κ1) is 14.4. The quantitative estimate of drug-likeness (QED) is 0.561. The molecular weight excluding hydrogens is 423 g/mol. The molecule has 0 spiro atoms. The summed E-state index contributed by atoms with van der Waals surface area (Å²) in [5.74, 6) is 0.787. The minimum absolute atomic E-state index is 0.0525. The Hall–Kier alpha value is -0.960. The molecule has 2 rings (SSSR count). The largest absolute Gasteiger partial charge is 0.352 e. The third-order valence-electron chi connectivity index (χ3n) is 2.51. The summed E-state index contributed by atoms with van der Waals surface area (Å²) >= 11 is 5.53. The van der Waals surface area contributed by atoms with E-state index in [0.717, 1.165) is 26.7 Å². The Morgan fingerprint density at radius 3 is 3.05 bits per heavy atom. The second kappa shape index (κ2) is 6.99. The molecule has 0 atom stereocenters. The van der Waals surface area contributed by atoms with Crippen LogP contribution in [0.5, 0.6) is 0 Å². The molecule has 7 heteroatoms. The number of benzene rings is 1. The van der Waals surface area contributed by atoms with E-state index in [4.69, 9.17) is 0 Å². The van der Waals surface area contributed by atoms with E-state index in [0.29, 0.717) is 12.1 Å². The lowest BCUT2D eigenvalue weighted by molar-refractivity contribution is 0.0952. The van der Waals surface area contributed by atoms with Crippen LogP contribution in [-0.2, 0) is 6.42 Å². The van der Waals surface area contributed by atoms with Crippen LogP contribution >= 0.6 is 38.5 Å². The van der Waals surface area contributed by atoms with Gasteiger partial charge in [0.25, 0.3) is 5.91 Å². The number of aromatic nitrogens is 3. The van der Waals surface area contributed by atoms with Gasteiger partial charge in [-0.15, -0.1) is 0 Å². The van der Waals surface area contributed by atoms with Gasteiger partial charge in [-0.3, -0.25) is 9.89 Å². The van der Waals surface area contributed by atoms with Gasteiger partial charge >= 0.3 is 0 Å². The summed E-state index contributed by atoms with van der Waals surface area (Å²) in [7, 11) is 0. The van der Waals surface area contributed by atoms with E-state index in [1.807, 2.05) is 18.2 Å². The normalized spacial score (nSPS) is 10.4. The van der Waals surface area contributed by atoms with Crippen molar-refractivity contribution < 1.29 is 4.79 Å². The number of hydrogen-bond acceptors (Lipinski definition) is 3. The topological polar surface area (TPSA) is 70.7 Å². The zero-order valence-electron chi connectivity index (χ0n) is 9.99. The van der Waals surface area contributed by atoms with E-state index in [-0.39, 0.29) is 5.91 Å². The van der Waals surface area contributed by atoms with Crippen LogP contribution in [0.2, 0.25) is 0 Å². The first-order valence-corrected chi connectivity index (χ1v) is 7.61. The summed E-state index contributed by atoms with van der Waals surface area (Å²) in [5, 5.41) is 9.47. The van der Waals surface area contributed by atoms with E-state index in [9.17, 15) is 4.79 Å². The smallest absolute Gasteiger partial charge is 0.252 e. The average Bonchev–Trinajstić information content (AvgIpc) is 2.90. The summed E-state index contributed by atoms with van der Waals surface area (Å²) in [6.45, 7) is 0.613. The molecule has 0 bridgehead atoms. The highest BCUT2D eigenvalue weighted by Crippen LogP contribution is 2.18. The number of aromatic amines is 1. The molecule has 1 heterocycles.